The normalized spacial score (nSPS) is 20.5. The SMILES string of the molecule is NS(=O)(=O)c1ccc(C(=O)N2C[C@@H]3CCN(C(=O)OCc4cc(Cl)cc(Cl)c4)C[C@H]3C2)cc1. The zero-order chi connectivity index (χ0) is 23.8. The highest BCUT2D eigenvalue weighted by Gasteiger charge is 2.40. The van der Waals surface area contributed by atoms with E-state index in [1.54, 1.807) is 28.0 Å². The van der Waals surface area contributed by atoms with E-state index in [2.05, 4.69) is 0 Å². The lowest BCUT2D eigenvalue weighted by molar-refractivity contribution is 0.0729. The highest BCUT2D eigenvalue weighted by molar-refractivity contribution is 7.89. The van der Waals surface area contributed by atoms with Gasteiger partial charge in [-0.3, -0.25) is 4.79 Å². The van der Waals surface area contributed by atoms with Crippen molar-refractivity contribution < 1.29 is 22.7 Å². The Morgan fingerprint density at radius 2 is 1.58 bits per heavy atom. The molecule has 2 atom stereocenters. The summed E-state index contributed by atoms with van der Waals surface area (Å²) in [5.41, 5.74) is 1.11. The van der Waals surface area contributed by atoms with Crippen molar-refractivity contribution in [2.75, 3.05) is 26.2 Å². The highest BCUT2D eigenvalue weighted by atomic mass is 35.5. The zero-order valence-electron chi connectivity index (χ0n) is 17.6. The van der Waals surface area contributed by atoms with Crippen LogP contribution in [0.5, 0.6) is 0 Å². The molecule has 2 heterocycles. The summed E-state index contributed by atoms with van der Waals surface area (Å²) in [6.45, 7) is 2.26. The Morgan fingerprint density at radius 1 is 0.970 bits per heavy atom. The van der Waals surface area contributed by atoms with Crippen molar-refractivity contribution >= 4 is 45.2 Å². The van der Waals surface area contributed by atoms with Gasteiger partial charge in [0.15, 0.2) is 0 Å². The third kappa shape index (κ3) is 5.60. The first-order chi connectivity index (χ1) is 15.6. The van der Waals surface area contributed by atoms with Crippen molar-refractivity contribution in [1.29, 1.82) is 0 Å². The molecule has 0 aliphatic carbocycles. The second-order valence-electron chi connectivity index (χ2n) is 8.37. The van der Waals surface area contributed by atoms with Crippen LogP contribution in [-0.4, -0.2) is 56.4 Å². The fourth-order valence-corrected chi connectivity index (χ4v) is 5.49. The lowest BCUT2D eigenvalue weighted by Crippen LogP contribution is -2.43. The van der Waals surface area contributed by atoms with Crippen LogP contribution < -0.4 is 5.14 Å². The molecular formula is C22H23Cl2N3O5S. The van der Waals surface area contributed by atoms with Crippen molar-refractivity contribution in [1.82, 2.24) is 9.80 Å². The molecule has 2 saturated heterocycles. The molecule has 0 aromatic heterocycles. The van der Waals surface area contributed by atoms with Crippen LogP contribution in [0.1, 0.15) is 22.3 Å². The third-order valence-corrected chi connectivity index (χ3v) is 7.43. The minimum Gasteiger partial charge on any atom is -0.445 e. The van der Waals surface area contributed by atoms with Crippen molar-refractivity contribution in [3.05, 3.63) is 63.6 Å². The van der Waals surface area contributed by atoms with E-state index in [4.69, 9.17) is 33.1 Å². The smallest absolute Gasteiger partial charge is 0.410 e. The monoisotopic (exact) mass is 511 g/mol. The summed E-state index contributed by atoms with van der Waals surface area (Å²) in [6.07, 6.45) is 0.365. The van der Waals surface area contributed by atoms with Gasteiger partial charge in [-0.05, 0) is 66.3 Å². The number of sulfonamides is 1. The van der Waals surface area contributed by atoms with E-state index in [0.717, 1.165) is 6.42 Å². The molecule has 0 spiro atoms. The molecule has 2 N–H and O–H groups in total. The summed E-state index contributed by atoms with van der Waals surface area (Å²) in [5.74, 6) is 0.283. The molecule has 0 saturated carbocycles. The molecule has 2 fully saturated rings. The number of hydrogen-bond acceptors (Lipinski definition) is 5. The van der Waals surface area contributed by atoms with Gasteiger partial charge in [-0.1, -0.05) is 23.2 Å². The van der Waals surface area contributed by atoms with Crippen LogP contribution >= 0.6 is 23.2 Å². The maximum atomic E-state index is 12.9. The Kier molecular flexibility index (Phi) is 6.86. The number of hydrogen-bond donors (Lipinski definition) is 1. The van der Waals surface area contributed by atoms with E-state index in [9.17, 15) is 18.0 Å². The van der Waals surface area contributed by atoms with Crippen molar-refractivity contribution in [3.8, 4) is 0 Å². The van der Waals surface area contributed by atoms with Crippen LogP contribution in [0.4, 0.5) is 4.79 Å². The lowest BCUT2D eigenvalue weighted by Gasteiger charge is -2.33. The summed E-state index contributed by atoms with van der Waals surface area (Å²) < 4.78 is 28.3. The van der Waals surface area contributed by atoms with Gasteiger partial charge in [-0.25, -0.2) is 18.4 Å². The summed E-state index contributed by atoms with van der Waals surface area (Å²) in [5, 5.41) is 6.06. The average molecular weight is 512 g/mol. The number of nitrogens with zero attached hydrogens (tertiary/aromatic N) is 2. The van der Waals surface area contributed by atoms with Gasteiger partial charge < -0.3 is 14.5 Å². The summed E-state index contributed by atoms with van der Waals surface area (Å²) in [7, 11) is -3.81. The minimum absolute atomic E-state index is 0.0386. The number of halogens is 2. The standard InChI is InChI=1S/C22H23Cl2N3O5S/c23-18-7-14(8-19(24)9-18)13-32-22(29)26-6-5-16-10-27(12-17(16)11-26)21(28)15-1-3-20(4-2-15)33(25,30)31/h1-4,7-9,16-17H,5-6,10-13H2,(H2,25,30,31)/t16-,17-/m0/s1. The maximum Gasteiger partial charge on any atom is 0.410 e. The molecule has 11 heteroatoms. The fourth-order valence-electron chi connectivity index (χ4n) is 4.40. The van der Waals surface area contributed by atoms with Gasteiger partial charge in [0.05, 0.1) is 4.90 Å². The first-order valence-corrected chi connectivity index (χ1v) is 12.7. The van der Waals surface area contributed by atoms with Crippen LogP contribution in [0.2, 0.25) is 10.0 Å². The molecule has 2 aliphatic rings. The number of rotatable bonds is 4. The van der Waals surface area contributed by atoms with E-state index >= 15 is 0 Å². The molecule has 2 aromatic rings. The van der Waals surface area contributed by atoms with E-state index < -0.39 is 16.1 Å². The number of amides is 2. The molecular weight excluding hydrogens is 489 g/mol. The largest absolute Gasteiger partial charge is 0.445 e. The van der Waals surface area contributed by atoms with Gasteiger partial charge in [0.2, 0.25) is 10.0 Å². The number of primary sulfonamides is 1. The van der Waals surface area contributed by atoms with E-state index in [0.29, 0.717) is 53.3 Å². The number of benzene rings is 2. The van der Waals surface area contributed by atoms with Crippen molar-refractivity contribution in [2.45, 2.75) is 17.9 Å². The van der Waals surface area contributed by atoms with Crippen molar-refractivity contribution in [2.24, 2.45) is 17.0 Å². The first kappa shape index (κ1) is 23.8. The second kappa shape index (κ2) is 9.50. The van der Waals surface area contributed by atoms with E-state index in [1.807, 2.05) is 0 Å². The number of carbonyl (C=O) groups excluding carboxylic acids is 2. The van der Waals surface area contributed by atoms with Gasteiger partial charge in [0, 0.05) is 41.8 Å². The Morgan fingerprint density at radius 3 is 2.21 bits per heavy atom. The Balaban J connectivity index is 1.33. The third-order valence-electron chi connectivity index (χ3n) is 6.06. The quantitative estimate of drug-likeness (QED) is 0.676. The number of nitrogens with two attached hydrogens (primary N) is 1. The van der Waals surface area contributed by atoms with Gasteiger partial charge in [-0.15, -0.1) is 0 Å². The average Bonchev–Trinajstić information content (AvgIpc) is 3.19. The molecule has 4 rings (SSSR count). The summed E-state index contributed by atoms with van der Waals surface area (Å²) in [4.78, 5) is 28.9. The molecule has 2 aliphatic heterocycles. The van der Waals surface area contributed by atoms with Crippen LogP contribution in [0, 0.1) is 11.8 Å². The summed E-state index contributed by atoms with van der Waals surface area (Å²) >= 11 is 12.0. The molecule has 8 nitrogen and oxygen atoms in total. The number of piperidine rings is 1. The predicted molar refractivity (Wildman–Crippen MR) is 124 cm³/mol. The van der Waals surface area contributed by atoms with Gasteiger partial charge in [0.1, 0.15) is 6.61 Å². The Bertz CT molecular complexity index is 1150. The van der Waals surface area contributed by atoms with Gasteiger partial charge in [0.25, 0.3) is 5.91 Å². The molecule has 2 amide bonds. The molecule has 176 valence electrons. The van der Waals surface area contributed by atoms with Gasteiger partial charge in [-0.2, -0.15) is 0 Å². The second-order valence-corrected chi connectivity index (χ2v) is 10.8. The van der Waals surface area contributed by atoms with Crippen LogP contribution in [0.15, 0.2) is 47.4 Å². The molecule has 0 bridgehead atoms. The number of fused-ring (bicyclic) bond motifs is 1. The fraction of sp³-hybridized carbons (Fsp3) is 0.364. The maximum absolute atomic E-state index is 12.9. The van der Waals surface area contributed by atoms with Crippen molar-refractivity contribution in [3.63, 3.8) is 0 Å². The Labute approximate surface area is 202 Å². The number of ether oxygens (including phenoxy) is 1. The van der Waals surface area contributed by atoms with Crippen LogP contribution in [0.3, 0.4) is 0 Å². The van der Waals surface area contributed by atoms with E-state index in [1.165, 1.54) is 24.3 Å². The van der Waals surface area contributed by atoms with Crippen LogP contribution in [-0.2, 0) is 21.4 Å². The lowest BCUT2D eigenvalue weighted by atomic mass is 9.89. The molecule has 33 heavy (non-hydrogen) atoms. The predicted octanol–water partition coefficient (Wildman–Crippen LogP) is 3.37. The molecule has 0 radical (unpaired) electrons. The highest BCUT2D eigenvalue weighted by Crippen LogP contribution is 2.32. The van der Waals surface area contributed by atoms with Crippen LogP contribution in [0.25, 0.3) is 0 Å². The summed E-state index contributed by atoms with van der Waals surface area (Å²) in [6, 6.07) is 10.6. The Hall–Kier alpha value is -2.33. The molecule has 0 unspecified atom stereocenters. The number of carbonyl (C=O) groups is 2. The first-order valence-electron chi connectivity index (χ1n) is 10.4. The molecule has 2 aromatic carbocycles. The van der Waals surface area contributed by atoms with E-state index in [-0.39, 0.29) is 23.3 Å². The topological polar surface area (TPSA) is 110 Å². The van der Waals surface area contributed by atoms with Gasteiger partial charge >= 0.3 is 6.09 Å². The number of likely N-dealkylation sites (tertiary alicyclic amines) is 2. The zero-order valence-corrected chi connectivity index (χ0v) is 19.9. The minimum atomic E-state index is -3.81.